The number of nitrogens with one attached hydrogen (secondary N) is 1. The molecule has 0 bridgehead atoms. The van der Waals surface area contributed by atoms with Gasteiger partial charge in [-0.3, -0.25) is 4.79 Å². The van der Waals surface area contributed by atoms with Crippen LogP contribution in [0.15, 0.2) is 45.5 Å². The molecule has 0 saturated heterocycles. The highest BCUT2D eigenvalue weighted by Crippen LogP contribution is 2.27. The van der Waals surface area contributed by atoms with E-state index >= 15 is 0 Å². The van der Waals surface area contributed by atoms with Crippen LogP contribution in [0.5, 0.6) is 0 Å². The monoisotopic (exact) mass is 375 g/mol. The fourth-order valence-electron chi connectivity index (χ4n) is 2.48. The number of anilines is 1. The molecule has 1 aromatic heterocycles. The lowest BCUT2D eigenvalue weighted by molar-refractivity contribution is -0.115. The van der Waals surface area contributed by atoms with E-state index in [4.69, 9.17) is 4.42 Å². The largest absolute Gasteiger partial charge is 0.464 e. The van der Waals surface area contributed by atoms with Gasteiger partial charge in [-0.1, -0.05) is 28.1 Å². The summed E-state index contributed by atoms with van der Waals surface area (Å²) in [6.45, 7) is 4.00. The molecule has 3 nitrogen and oxygen atoms in total. The fourth-order valence-corrected chi connectivity index (χ4v) is 2.82. The average molecular weight is 376 g/mol. The number of halogens is 2. The van der Waals surface area contributed by atoms with E-state index < -0.39 is 5.82 Å². The Morgan fingerprint density at radius 3 is 2.78 bits per heavy atom. The lowest BCUT2D eigenvalue weighted by atomic mass is 10.0. The van der Waals surface area contributed by atoms with Gasteiger partial charge in [-0.25, -0.2) is 4.39 Å². The molecule has 0 fully saturated rings. The second kappa shape index (κ2) is 6.16. The molecule has 0 unspecified atom stereocenters. The number of fused-ring (bicyclic) bond motifs is 1. The number of furan rings is 1. The minimum absolute atomic E-state index is 0.130. The van der Waals surface area contributed by atoms with E-state index in [-0.39, 0.29) is 18.0 Å². The predicted molar refractivity (Wildman–Crippen MR) is 92.1 cm³/mol. The topological polar surface area (TPSA) is 42.2 Å². The second-order valence-corrected chi connectivity index (χ2v) is 6.41. The molecule has 3 rings (SSSR count). The standard InChI is InChI=1S/C18H15BrFNO2/c1-10-3-5-14-12(9-23-18(14)11(10)2)7-17(22)21-16-6-4-13(19)8-15(16)20/h3-6,8-9H,7H2,1-2H3,(H,21,22). The summed E-state index contributed by atoms with van der Waals surface area (Å²) in [7, 11) is 0. The Morgan fingerprint density at radius 2 is 2.04 bits per heavy atom. The van der Waals surface area contributed by atoms with Crippen molar-refractivity contribution in [2.75, 3.05) is 5.32 Å². The molecule has 5 heteroatoms. The van der Waals surface area contributed by atoms with Crippen LogP contribution in [0.25, 0.3) is 11.0 Å². The summed E-state index contributed by atoms with van der Waals surface area (Å²) >= 11 is 3.19. The zero-order chi connectivity index (χ0) is 16.6. The van der Waals surface area contributed by atoms with E-state index in [0.717, 1.165) is 27.7 Å². The van der Waals surface area contributed by atoms with E-state index in [1.807, 2.05) is 26.0 Å². The summed E-state index contributed by atoms with van der Waals surface area (Å²) < 4.78 is 20.0. The van der Waals surface area contributed by atoms with Gasteiger partial charge in [0.25, 0.3) is 0 Å². The summed E-state index contributed by atoms with van der Waals surface area (Å²) in [6, 6.07) is 8.47. The number of hydrogen-bond acceptors (Lipinski definition) is 2. The first kappa shape index (κ1) is 15.7. The van der Waals surface area contributed by atoms with Gasteiger partial charge < -0.3 is 9.73 Å². The van der Waals surface area contributed by atoms with Crippen molar-refractivity contribution in [1.82, 2.24) is 0 Å². The second-order valence-electron chi connectivity index (χ2n) is 5.49. The molecular formula is C18H15BrFNO2. The van der Waals surface area contributed by atoms with Gasteiger partial charge in [-0.15, -0.1) is 0 Å². The fraction of sp³-hybridized carbons (Fsp3) is 0.167. The van der Waals surface area contributed by atoms with Crippen LogP contribution in [-0.2, 0) is 11.2 Å². The number of amides is 1. The maximum Gasteiger partial charge on any atom is 0.229 e. The zero-order valence-corrected chi connectivity index (χ0v) is 14.3. The first-order valence-corrected chi connectivity index (χ1v) is 7.96. The van der Waals surface area contributed by atoms with Gasteiger partial charge in [0.15, 0.2) is 0 Å². The maximum atomic E-state index is 13.8. The van der Waals surface area contributed by atoms with E-state index in [1.54, 1.807) is 12.3 Å². The number of benzene rings is 2. The summed E-state index contributed by atoms with van der Waals surface area (Å²) in [4.78, 5) is 12.2. The van der Waals surface area contributed by atoms with Gasteiger partial charge in [0.2, 0.25) is 5.91 Å². The Kier molecular flexibility index (Phi) is 4.22. The summed E-state index contributed by atoms with van der Waals surface area (Å²) in [5, 5.41) is 3.51. The van der Waals surface area contributed by atoms with Crippen LogP contribution in [0.1, 0.15) is 16.7 Å². The van der Waals surface area contributed by atoms with E-state index in [0.29, 0.717) is 4.47 Å². The molecule has 2 aromatic carbocycles. The quantitative estimate of drug-likeness (QED) is 0.689. The number of carbonyl (C=O) groups is 1. The average Bonchev–Trinajstić information content (AvgIpc) is 2.89. The van der Waals surface area contributed by atoms with Crippen LogP contribution >= 0.6 is 15.9 Å². The smallest absolute Gasteiger partial charge is 0.229 e. The lowest BCUT2D eigenvalue weighted by Crippen LogP contribution is -2.15. The molecule has 0 radical (unpaired) electrons. The van der Waals surface area contributed by atoms with Gasteiger partial charge in [-0.05, 0) is 43.2 Å². The molecule has 1 amide bonds. The zero-order valence-electron chi connectivity index (χ0n) is 12.7. The third-order valence-corrected chi connectivity index (χ3v) is 4.39. The summed E-state index contributed by atoms with van der Waals surface area (Å²) in [5.74, 6) is -0.761. The maximum absolute atomic E-state index is 13.8. The van der Waals surface area contributed by atoms with Crippen molar-refractivity contribution in [3.63, 3.8) is 0 Å². The Hall–Kier alpha value is -2.14. The Labute approximate surface area is 141 Å². The van der Waals surface area contributed by atoms with Crippen LogP contribution in [0.3, 0.4) is 0 Å². The first-order chi connectivity index (χ1) is 11.0. The van der Waals surface area contributed by atoms with Crippen LogP contribution in [-0.4, -0.2) is 5.91 Å². The number of aryl methyl sites for hydroxylation is 2. The van der Waals surface area contributed by atoms with Crippen molar-refractivity contribution in [1.29, 1.82) is 0 Å². The minimum Gasteiger partial charge on any atom is -0.464 e. The van der Waals surface area contributed by atoms with Crippen LogP contribution in [0.4, 0.5) is 10.1 Å². The molecule has 0 saturated carbocycles. The van der Waals surface area contributed by atoms with Crippen molar-refractivity contribution in [2.24, 2.45) is 0 Å². The van der Waals surface area contributed by atoms with Crippen molar-refractivity contribution < 1.29 is 13.6 Å². The Bertz CT molecular complexity index is 901. The molecule has 0 aliphatic heterocycles. The van der Waals surface area contributed by atoms with Gasteiger partial charge >= 0.3 is 0 Å². The van der Waals surface area contributed by atoms with Gasteiger partial charge in [0.05, 0.1) is 18.4 Å². The highest BCUT2D eigenvalue weighted by atomic mass is 79.9. The van der Waals surface area contributed by atoms with Gasteiger partial charge in [-0.2, -0.15) is 0 Å². The number of hydrogen-bond donors (Lipinski definition) is 1. The molecule has 0 aliphatic carbocycles. The lowest BCUT2D eigenvalue weighted by Gasteiger charge is -2.06. The van der Waals surface area contributed by atoms with Crippen molar-refractivity contribution >= 4 is 38.5 Å². The molecule has 1 N–H and O–H groups in total. The van der Waals surface area contributed by atoms with E-state index in [9.17, 15) is 9.18 Å². The highest BCUT2D eigenvalue weighted by Gasteiger charge is 2.14. The van der Waals surface area contributed by atoms with E-state index in [1.165, 1.54) is 12.1 Å². The molecule has 3 aromatic rings. The molecule has 1 heterocycles. The Balaban J connectivity index is 1.82. The summed E-state index contributed by atoms with van der Waals surface area (Å²) in [6.07, 6.45) is 1.72. The molecule has 23 heavy (non-hydrogen) atoms. The van der Waals surface area contributed by atoms with Crippen LogP contribution in [0, 0.1) is 19.7 Å². The normalized spacial score (nSPS) is 11.0. The van der Waals surface area contributed by atoms with Crippen LogP contribution < -0.4 is 5.32 Å². The van der Waals surface area contributed by atoms with Crippen molar-refractivity contribution in [3.05, 3.63) is 63.6 Å². The highest BCUT2D eigenvalue weighted by molar-refractivity contribution is 9.10. The first-order valence-electron chi connectivity index (χ1n) is 7.17. The predicted octanol–water partition coefficient (Wildman–Crippen LogP) is 5.13. The molecular weight excluding hydrogens is 361 g/mol. The summed E-state index contributed by atoms with van der Waals surface area (Å²) in [5.41, 5.74) is 3.95. The van der Waals surface area contributed by atoms with Gasteiger partial charge in [0.1, 0.15) is 11.4 Å². The van der Waals surface area contributed by atoms with Gasteiger partial charge in [0, 0.05) is 15.4 Å². The van der Waals surface area contributed by atoms with Crippen molar-refractivity contribution in [3.8, 4) is 0 Å². The third-order valence-electron chi connectivity index (χ3n) is 3.90. The molecule has 0 atom stereocenters. The number of rotatable bonds is 3. The number of carbonyl (C=O) groups excluding carboxylic acids is 1. The Morgan fingerprint density at radius 1 is 1.26 bits per heavy atom. The SMILES string of the molecule is Cc1ccc2c(CC(=O)Nc3ccc(Br)cc3F)coc2c1C. The third kappa shape index (κ3) is 3.15. The van der Waals surface area contributed by atoms with Crippen LogP contribution in [0.2, 0.25) is 0 Å². The molecule has 0 aliphatic rings. The minimum atomic E-state index is -0.476. The van der Waals surface area contributed by atoms with Crippen molar-refractivity contribution in [2.45, 2.75) is 20.3 Å². The van der Waals surface area contributed by atoms with E-state index in [2.05, 4.69) is 21.2 Å². The molecule has 0 spiro atoms. The molecule has 118 valence electrons.